The minimum atomic E-state index is -0.208. The van der Waals surface area contributed by atoms with Crippen molar-refractivity contribution in [2.24, 2.45) is 21.3 Å². The van der Waals surface area contributed by atoms with Gasteiger partial charge in [0.2, 0.25) is 12.2 Å². The molecule has 0 heterocycles. The highest BCUT2D eigenvalue weighted by atomic mass is 16.1. The largest absolute Gasteiger partial charge is 0.235 e. The second-order valence-corrected chi connectivity index (χ2v) is 4.53. The number of carbonyl (C=O) groups excluding carboxylic acids is 2. The highest BCUT2D eigenvalue weighted by Gasteiger charge is 2.35. The Hall–Kier alpha value is -1.76. The quantitative estimate of drug-likeness (QED) is 0.551. The van der Waals surface area contributed by atoms with Crippen molar-refractivity contribution in [1.29, 1.82) is 0 Å². The van der Waals surface area contributed by atoms with E-state index in [0.717, 1.165) is 11.1 Å². The molecule has 4 nitrogen and oxygen atoms in total. The van der Waals surface area contributed by atoms with Gasteiger partial charge in [-0.2, -0.15) is 0 Å². The number of hydrogen-bond acceptors (Lipinski definition) is 4. The number of nitrogens with zero attached hydrogens (tertiary/aromatic N) is 2. The molecule has 4 heteroatoms. The summed E-state index contributed by atoms with van der Waals surface area (Å²) in [6.45, 7) is 6.87. The molecular formula is C13H16N2O2. The lowest BCUT2D eigenvalue weighted by Gasteiger charge is -2.37. The topological polar surface area (TPSA) is 58.9 Å². The molecule has 1 aliphatic rings. The van der Waals surface area contributed by atoms with E-state index in [4.69, 9.17) is 0 Å². The van der Waals surface area contributed by atoms with Crippen LogP contribution in [0.25, 0.3) is 0 Å². The zero-order chi connectivity index (χ0) is 12.9. The van der Waals surface area contributed by atoms with Crippen molar-refractivity contribution in [3.8, 4) is 0 Å². The molecular weight excluding hydrogens is 216 g/mol. The summed E-state index contributed by atoms with van der Waals surface area (Å²) in [4.78, 5) is 27.7. The second kappa shape index (κ2) is 5.53. The van der Waals surface area contributed by atoms with Crippen molar-refractivity contribution < 1.29 is 9.59 Å². The van der Waals surface area contributed by atoms with E-state index in [1.807, 2.05) is 13.0 Å². The van der Waals surface area contributed by atoms with Gasteiger partial charge in [-0.05, 0) is 18.4 Å². The van der Waals surface area contributed by atoms with E-state index < -0.39 is 0 Å². The lowest BCUT2D eigenvalue weighted by atomic mass is 9.68. The Kier molecular flexibility index (Phi) is 4.33. The van der Waals surface area contributed by atoms with Gasteiger partial charge in [0, 0.05) is 5.41 Å². The molecule has 1 aliphatic carbocycles. The predicted molar refractivity (Wildman–Crippen MR) is 65.1 cm³/mol. The standard InChI is InChI=1S/C13H16N2O2/c1-10-4-5-12(6-14-8-16)11(2)13(10,3)7-15-9-17/h4-5,10H,6-7H2,1-3H3. The SMILES string of the molecule is CC1=C(CN=C=O)C=CC(C)C1(C)CN=C=O. The molecule has 0 fully saturated rings. The Morgan fingerprint density at radius 1 is 1.35 bits per heavy atom. The van der Waals surface area contributed by atoms with Crippen LogP contribution in [0, 0.1) is 11.3 Å². The molecule has 90 valence electrons. The minimum Gasteiger partial charge on any atom is -0.211 e. The predicted octanol–water partition coefficient (Wildman–Crippen LogP) is 2.19. The van der Waals surface area contributed by atoms with Crippen LogP contribution in [0.4, 0.5) is 0 Å². The Bertz CT molecular complexity index is 452. The summed E-state index contributed by atoms with van der Waals surface area (Å²) in [6, 6.07) is 0. The first kappa shape index (κ1) is 13.3. The third-order valence-electron chi connectivity index (χ3n) is 3.72. The van der Waals surface area contributed by atoms with Crippen LogP contribution in [0.5, 0.6) is 0 Å². The van der Waals surface area contributed by atoms with E-state index in [-0.39, 0.29) is 11.3 Å². The molecule has 0 N–H and O–H groups in total. The first-order valence-corrected chi connectivity index (χ1v) is 5.52. The third-order valence-corrected chi connectivity index (χ3v) is 3.72. The fourth-order valence-corrected chi connectivity index (χ4v) is 2.05. The fraction of sp³-hybridized carbons (Fsp3) is 0.538. The number of rotatable bonds is 4. The van der Waals surface area contributed by atoms with Gasteiger partial charge in [0.05, 0.1) is 13.1 Å². The van der Waals surface area contributed by atoms with Crippen LogP contribution >= 0.6 is 0 Å². The molecule has 17 heavy (non-hydrogen) atoms. The summed E-state index contributed by atoms with van der Waals surface area (Å²) >= 11 is 0. The van der Waals surface area contributed by atoms with Crippen LogP contribution in [-0.2, 0) is 9.59 Å². The molecule has 0 bridgehead atoms. The Morgan fingerprint density at radius 3 is 2.59 bits per heavy atom. The van der Waals surface area contributed by atoms with Crippen molar-refractivity contribution >= 4 is 12.2 Å². The van der Waals surface area contributed by atoms with Gasteiger partial charge >= 0.3 is 0 Å². The van der Waals surface area contributed by atoms with Gasteiger partial charge in [-0.25, -0.2) is 19.6 Å². The van der Waals surface area contributed by atoms with Gasteiger partial charge in [-0.1, -0.05) is 31.6 Å². The molecule has 0 radical (unpaired) electrons. The molecule has 0 aliphatic heterocycles. The van der Waals surface area contributed by atoms with Gasteiger partial charge in [-0.15, -0.1) is 0 Å². The molecule has 2 atom stereocenters. The van der Waals surface area contributed by atoms with Crippen molar-refractivity contribution in [2.75, 3.05) is 13.1 Å². The molecule has 2 unspecified atom stereocenters. The van der Waals surface area contributed by atoms with Crippen LogP contribution in [0.15, 0.2) is 33.3 Å². The van der Waals surface area contributed by atoms with E-state index in [0.29, 0.717) is 13.1 Å². The van der Waals surface area contributed by atoms with Crippen LogP contribution in [0.3, 0.4) is 0 Å². The van der Waals surface area contributed by atoms with E-state index in [1.54, 1.807) is 6.08 Å². The first-order chi connectivity index (χ1) is 8.06. The minimum absolute atomic E-state index is 0.208. The molecule has 0 saturated carbocycles. The van der Waals surface area contributed by atoms with Crippen LogP contribution in [0.2, 0.25) is 0 Å². The molecule has 0 spiro atoms. The second-order valence-electron chi connectivity index (χ2n) is 4.53. The van der Waals surface area contributed by atoms with Gasteiger partial charge in [0.25, 0.3) is 0 Å². The van der Waals surface area contributed by atoms with Gasteiger partial charge in [-0.3, -0.25) is 0 Å². The smallest absolute Gasteiger partial charge is 0.211 e. The molecule has 0 aromatic carbocycles. The normalized spacial score (nSPS) is 27.4. The van der Waals surface area contributed by atoms with Crippen molar-refractivity contribution in [3.05, 3.63) is 23.3 Å². The van der Waals surface area contributed by atoms with Gasteiger partial charge in [0.1, 0.15) is 0 Å². The summed E-state index contributed by atoms with van der Waals surface area (Å²) in [5.74, 6) is 0.281. The summed E-state index contributed by atoms with van der Waals surface area (Å²) in [5.41, 5.74) is 1.90. The zero-order valence-corrected chi connectivity index (χ0v) is 10.4. The lowest BCUT2D eigenvalue weighted by Crippen LogP contribution is -2.32. The molecule has 0 aromatic rings. The number of aliphatic imine (C=N–C) groups is 2. The van der Waals surface area contributed by atoms with E-state index in [9.17, 15) is 9.59 Å². The Morgan fingerprint density at radius 2 is 2.00 bits per heavy atom. The van der Waals surface area contributed by atoms with E-state index >= 15 is 0 Å². The highest BCUT2D eigenvalue weighted by Crippen LogP contribution is 2.41. The lowest BCUT2D eigenvalue weighted by molar-refractivity contribution is 0.309. The van der Waals surface area contributed by atoms with Crippen molar-refractivity contribution in [3.63, 3.8) is 0 Å². The van der Waals surface area contributed by atoms with Gasteiger partial charge in [0.15, 0.2) is 0 Å². The maximum Gasteiger partial charge on any atom is 0.235 e. The van der Waals surface area contributed by atoms with Crippen molar-refractivity contribution in [2.45, 2.75) is 20.8 Å². The maximum absolute atomic E-state index is 10.3. The van der Waals surface area contributed by atoms with E-state index in [2.05, 4.69) is 29.9 Å². The highest BCUT2D eigenvalue weighted by molar-refractivity contribution is 5.41. The summed E-state index contributed by atoms with van der Waals surface area (Å²) in [5, 5.41) is 0. The van der Waals surface area contributed by atoms with E-state index in [1.165, 1.54) is 6.08 Å². The summed E-state index contributed by atoms with van der Waals surface area (Å²) < 4.78 is 0. The summed E-state index contributed by atoms with van der Waals surface area (Å²) in [7, 11) is 0. The summed E-state index contributed by atoms with van der Waals surface area (Å²) in [6.07, 6.45) is 7.16. The van der Waals surface area contributed by atoms with Crippen LogP contribution < -0.4 is 0 Å². The zero-order valence-electron chi connectivity index (χ0n) is 10.4. The molecule has 0 saturated heterocycles. The third kappa shape index (κ3) is 2.68. The fourth-order valence-electron chi connectivity index (χ4n) is 2.05. The molecule has 1 rings (SSSR count). The van der Waals surface area contributed by atoms with Crippen LogP contribution in [-0.4, -0.2) is 25.2 Å². The van der Waals surface area contributed by atoms with Crippen LogP contribution in [0.1, 0.15) is 20.8 Å². The number of hydrogen-bond donors (Lipinski definition) is 0. The first-order valence-electron chi connectivity index (χ1n) is 5.52. The average molecular weight is 232 g/mol. The monoisotopic (exact) mass is 232 g/mol. The Balaban J connectivity index is 3.10. The van der Waals surface area contributed by atoms with Gasteiger partial charge < -0.3 is 0 Å². The molecule has 0 amide bonds. The maximum atomic E-state index is 10.3. The number of isocyanates is 2. The molecule has 0 aromatic heterocycles. The Labute approximate surface area is 101 Å². The number of allylic oxidation sites excluding steroid dienone is 1. The average Bonchev–Trinajstić information content (AvgIpc) is 2.33. The van der Waals surface area contributed by atoms with Crippen molar-refractivity contribution in [1.82, 2.24) is 0 Å².